The molecule has 0 amide bonds. The Bertz CT molecular complexity index is 435. The average Bonchev–Trinajstić information content (AvgIpc) is 2.28. The van der Waals surface area contributed by atoms with E-state index in [2.05, 4.69) is 9.97 Å². The van der Waals surface area contributed by atoms with Gasteiger partial charge < -0.3 is 14.8 Å². The Morgan fingerprint density at radius 1 is 1.59 bits per heavy atom. The molecule has 1 atom stereocenters. The SMILES string of the molecule is CCCC(OCC)c1ncc(C(=O)O)c(=O)[nH]1. The number of nitrogens with one attached hydrogen (secondary N) is 1. The minimum Gasteiger partial charge on any atom is -0.477 e. The molecule has 6 nitrogen and oxygen atoms in total. The Morgan fingerprint density at radius 3 is 2.76 bits per heavy atom. The molecule has 1 rings (SSSR count). The lowest BCUT2D eigenvalue weighted by molar-refractivity contribution is 0.0489. The van der Waals surface area contributed by atoms with Gasteiger partial charge in [0.2, 0.25) is 0 Å². The first kappa shape index (κ1) is 13.4. The fraction of sp³-hybridized carbons (Fsp3) is 0.545. The van der Waals surface area contributed by atoms with E-state index in [1.807, 2.05) is 13.8 Å². The zero-order valence-electron chi connectivity index (χ0n) is 9.90. The molecule has 0 aromatic carbocycles. The van der Waals surface area contributed by atoms with E-state index in [4.69, 9.17) is 9.84 Å². The van der Waals surface area contributed by atoms with Crippen molar-refractivity contribution in [3.8, 4) is 0 Å². The predicted molar refractivity (Wildman–Crippen MR) is 61.1 cm³/mol. The van der Waals surface area contributed by atoms with Gasteiger partial charge in [-0.05, 0) is 13.3 Å². The smallest absolute Gasteiger partial charge is 0.342 e. The molecule has 2 N–H and O–H groups in total. The molecule has 1 aromatic rings. The normalized spacial score (nSPS) is 12.4. The van der Waals surface area contributed by atoms with Crippen LogP contribution in [0.4, 0.5) is 0 Å². The number of aromatic nitrogens is 2. The highest BCUT2D eigenvalue weighted by Crippen LogP contribution is 2.17. The fourth-order valence-electron chi connectivity index (χ4n) is 1.49. The van der Waals surface area contributed by atoms with Crippen molar-refractivity contribution in [2.24, 2.45) is 0 Å². The number of aromatic amines is 1. The van der Waals surface area contributed by atoms with E-state index in [-0.39, 0.29) is 11.7 Å². The first-order valence-corrected chi connectivity index (χ1v) is 5.54. The van der Waals surface area contributed by atoms with Crippen molar-refractivity contribution in [3.63, 3.8) is 0 Å². The Morgan fingerprint density at radius 2 is 2.29 bits per heavy atom. The summed E-state index contributed by atoms with van der Waals surface area (Å²) in [5, 5.41) is 8.71. The fourth-order valence-corrected chi connectivity index (χ4v) is 1.49. The monoisotopic (exact) mass is 240 g/mol. The molecule has 1 unspecified atom stereocenters. The first-order valence-electron chi connectivity index (χ1n) is 5.54. The zero-order chi connectivity index (χ0) is 12.8. The van der Waals surface area contributed by atoms with Gasteiger partial charge in [-0.3, -0.25) is 4.79 Å². The van der Waals surface area contributed by atoms with E-state index in [9.17, 15) is 9.59 Å². The number of carboxylic acids is 1. The highest BCUT2D eigenvalue weighted by Gasteiger charge is 2.16. The van der Waals surface area contributed by atoms with E-state index in [1.54, 1.807) is 0 Å². The number of ether oxygens (including phenoxy) is 1. The van der Waals surface area contributed by atoms with Crippen LogP contribution in [0, 0.1) is 0 Å². The molecule has 0 saturated heterocycles. The lowest BCUT2D eigenvalue weighted by Crippen LogP contribution is -2.22. The van der Waals surface area contributed by atoms with Gasteiger partial charge >= 0.3 is 5.97 Å². The number of rotatable bonds is 6. The van der Waals surface area contributed by atoms with E-state index in [0.717, 1.165) is 19.0 Å². The Labute approximate surface area is 98.7 Å². The van der Waals surface area contributed by atoms with Crippen LogP contribution in [0.2, 0.25) is 0 Å². The van der Waals surface area contributed by atoms with Gasteiger partial charge in [-0.2, -0.15) is 0 Å². The van der Waals surface area contributed by atoms with Crippen LogP contribution < -0.4 is 5.56 Å². The van der Waals surface area contributed by atoms with Crippen molar-refractivity contribution in [2.45, 2.75) is 32.8 Å². The van der Waals surface area contributed by atoms with E-state index in [1.165, 1.54) is 0 Å². The van der Waals surface area contributed by atoms with Crippen molar-refractivity contribution < 1.29 is 14.6 Å². The summed E-state index contributed by atoms with van der Waals surface area (Å²) in [6, 6.07) is 0. The number of carboxylic acid groups (broad SMARTS) is 1. The summed E-state index contributed by atoms with van der Waals surface area (Å²) in [4.78, 5) is 28.5. The van der Waals surface area contributed by atoms with Crippen molar-refractivity contribution in [1.82, 2.24) is 9.97 Å². The summed E-state index contributed by atoms with van der Waals surface area (Å²) in [7, 11) is 0. The Balaban J connectivity index is 3.01. The summed E-state index contributed by atoms with van der Waals surface area (Å²) < 4.78 is 5.44. The minimum absolute atomic E-state index is 0.291. The third-order valence-corrected chi connectivity index (χ3v) is 2.27. The van der Waals surface area contributed by atoms with Crippen molar-refractivity contribution in [3.05, 3.63) is 27.9 Å². The minimum atomic E-state index is -1.28. The number of H-pyrrole nitrogens is 1. The topological polar surface area (TPSA) is 92.3 Å². The molecule has 17 heavy (non-hydrogen) atoms. The van der Waals surface area contributed by atoms with Crippen LogP contribution in [0.3, 0.4) is 0 Å². The largest absolute Gasteiger partial charge is 0.477 e. The molecule has 94 valence electrons. The number of aromatic carboxylic acids is 1. The molecule has 0 fully saturated rings. The molecule has 0 spiro atoms. The molecular formula is C11H16N2O4. The number of carbonyl (C=O) groups is 1. The van der Waals surface area contributed by atoms with Gasteiger partial charge in [0.15, 0.2) is 0 Å². The Kier molecular flexibility index (Phi) is 4.84. The maximum atomic E-state index is 11.5. The van der Waals surface area contributed by atoms with E-state index >= 15 is 0 Å². The van der Waals surface area contributed by atoms with Gasteiger partial charge in [-0.25, -0.2) is 9.78 Å². The maximum absolute atomic E-state index is 11.5. The Hall–Kier alpha value is -1.69. The molecule has 0 bridgehead atoms. The maximum Gasteiger partial charge on any atom is 0.342 e. The summed E-state index contributed by atoms with van der Waals surface area (Å²) in [5.41, 5.74) is -1.01. The lowest BCUT2D eigenvalue weighted by Gasteiger charge is -2.14. The van der Waals surface area contributed by atoms with Gasteiger partial charge in [0.05, 0.1) is 0 Å². The summed E-state index contributed by atoms with van der Waals surface area (Å²) in [6.07, 6.45) is 2.39. The van der Waals surface area contributed by atoms with Crippen molar-refractivity contribution in [1.29, 1.82) is 0 Å². The van der Waals surface area contributed by atoms with Gasteiger partial charge in [-0.15, -0.1) is 0 Å². The highest BCUT2D eigenvalue weighted by molar-refractivity contribution is 5.86. The summed E-state index contributed by atoms with van der Waals surface area (Å²) in [5.74, 6) is -0.905. The highest BCUT2D eigenvalue weighted by atomic mass is 16.5. The standard InChI is InChI=1S/C11H16N2O4/c1-3-5-8(17-4-2)9-12-6-7(11(15)16)10(14)13-9/h6,8H,3-5H2,1-2H3,(H,15,16)(H,12,13,14). The van der Waals surface area contributed by atoms with Gasteiger partial charge in [0.25, 0.3) is 5.56 Å². The number of hydrogen-bond donors (Lipinski definition) is 2. The van der Waals surface area contributed by atoms with Crippen LogP contribution in [0.5, 0.6) is 0 Å². The van der Waals surface area contributed by atoms with Gasteiger partial charge in [0, 0.05) is 12.8 Å². The molecule has 0 radical (unpaired) electrons. The third-order valence-electron chi connectivity index (χ3n) is 2.27. The first-order chi connectivity index (χ1) is 8.10. The number of nitrogens with zero attached hydrogens (tertiary/aromatic N) is 1. The molecule has 0 aliphatic carbocycles. The van der Waals surface area contributed by atoms with Crippen molar-refractivity contribution >= 4 is 5.97 Å². The number of hydrogen-bond acceptors (Lipinski definition) is 4. The predicted octanol–water partition coefficient (Wildman–Crippen LogP) is 1.35. The second-order valence-electron chi connectivity index (χ2n) is 3.55. The summed E-state index contributed by atoms with van der Waals surface area (Å²) in [6.45, 7) is 4.36. The second kappa shape index (κ2) is 6.15. The lowest BCUT2D eigenvalue weighted by atomic mass is 10.2. The molecule has 0 aliphatic rings. The van der Waals surface area contributed by atoms with Crippen molar-refractivity contribution in [2.75, 3.05) is 6.61 Å². The van der Waals surface area contributed by atoms with Crippen LogP contribution in [0.25, 0.3) is 0 Å². The van der Waals surface area contributed by atoms with Crippen LogP contribution >= 0.6 is 0 Å². The van der Waals surface area contributed by atoms with Crippen LogP contribution in [-0.4, -0.2) is 27.7 Å². The third kappa shape index (κ3) is 3.39. The van der Waals surface area contributed by atoms with Crippen LogP contribution in [-0.2, 0) is 4.74 Å². The second-order valence-corrected chi connectivity index (χ2v) is 3.55. The van der Waals surface area contributed by atoms with Gasteiger partial charge in [-0.1, -0.05) is 13.3 Å². The molecule has 1 heterocycles. The quantitative estimate of drug-likeness (QED) is 0.782. The molecule has 0 saturated carbocycles. The van der Waals surface area contributed by atoms with Crippen LogP contribution in [0.15, 0.2) is 11.0 Å². The zero-order valence-corrected chi connectivity index (χ0v) is 9.90. The van der Waals surface area contributed by atoms with Crippen LogP contribution in [0.1, 0.15) is 49.0 Å². The van der Waals surface area contributed by atoms with E-state index < -0.39 is 11.5 Å². The molecule has 1 aromatic heterocycles. The molecule has 6 heteroatoms. The molecule has 0 aliphatic heterocycles. The summed E-state index contributed by atoms with van der Waals surface area (Å²) >= 11 is 0. The average molecular weight is 240 g/mol. The van der Waals surface area contributed by atoms with E-state index in [0.29, 0.717) is 12.4 Å². The van der Waals surface area contributed by atoms with Gasteiger partial charge in [0.1, 0.15) is 17.5 Å². The molecular weight excluding hydrogens is 224 g/mol.